The van der Waals surface area contributed by atoms with E-state index in [4.69, 9.17) is 16.3 Å². The van der Waals surface area contributed by atoms with Crippen molar-refractivity contribution in [3.05, 3.63) is 41.2 Å². The fourth-order valence-electron chi connectivity index (χ4n) is 3.20. The lowest BCUT2D eigenvalue weighted by atomic mass is 10.1. The van der Waals surface area contributed by atoms with Crippen molar-refractivity contribution in [2.24, 2.45) is 11.4 Å². The van der Waals surface area contributed by atoms with Crippen LogP contribution in [-0.4, -0.2) is 43.5 Å². The van der Waals surface area contributed by atoms with Crippen LogP contribution in [0.3, 0.4) is 0 Å². The molecular weight excluding hydrogens is 418 g/mol. The van der Waals surface area contributed by atoms with Gasteiger partial charge in [-0.15, -0.1) is 4.40 Å². The Morgan fingerprint density at radius 2 is 2.14 bits per heavy atom. The molecule has 3 rings (SSSR count). The molecule has 0 atom stereocenters. The third kappa shape index (κ3) is 5.40. The lowest BCUT2D eigenvalue weighted by Crippen LogP contribution is -2.44. The smallest absolute Gasteiger partial charge is 0.345 e. The summed E-state index contributed by atoms with van der Waals surface area (Å²) in [5.41, 5.74) is 1.65. The van der Waals surface area contributed by atoms with Crippen LogP contribution in [0.2, 0.25) is 5.02 Å². The summed E-state index contributed by atoms with van der Waals surface area (Å²) >= 11 is 6.05. The topological polar surface area (TPSA) is 112 Å². The molecule has 1 aromatic heterocycles. The van der Waals surface area contributed by atoms with Crippen LogP contribution in [0, 0.1) is 0 Å². The molecule has 1 aliphatic heterocycles. The number of nitrogens with zero attached hydrogens (tertiary/aromatic N) is 4. The summed E-state index contributed by atoms with van der Waals surface area (Å²) in [5, 5.41) is 19.4. The Balaban J connectivity index is 1.89. The van der Waals surface area contributed by atoms with Crippen LogP contribution in [0.4, 0.5) is 11.4 Å². The van der Waals surface area contributed by atoms with Crippen molar-refractivity contribution in [3.8, 4) is 0 Å². The number of nitrogens with one attached hydrogen (secondary N) is 1. The van der Waals surface area contributed by atoms with E-state index >= 15 is 0 Å². The zero-order valence-corrected chi connectivity index (χ0v) is 17.8. The van der Waals surface area contributed by atoms with Gasteiger partial charge >= 0.3 is 10.2 Å². The van der Waals surface area contributed by atoms with Gasteiger partial charge in [0.1, 0.15) is 0 Å². The standard InChI is InChI=1S/C18H24ClN5O4S/c1-3-13-8-14(19)10-15(9-13)21-18(25)22-29(26,27)24(16-4-6-28-7-5-16)17-11-20-23(2)12-17/h8-12,16H,3-7H2,1-2H3,(H2,21,22,25)/p-1. The van der Waals surface area contributed by atoms with E-state index in [1.54, 1.807) is 25.4 Å². The average molecular weight is 441 g/mol. The highest BCUT2D eigenvalue weighted by Crippen LogP contribution is 2.27. The zero-order valence-electron chi connectivity index (χ0n) is 16.2. The van der Waals surface area contributed by atoms with Crippen LogP contribution < -0.4 is 14.7 Å². The summed E-state index contributed by atoms with van der Waals surface area (Å²) in [6.45, 7) is 2.82. The average Bonchev–Trinajstić information content (AvgIpc) is 3.06. The summed E-state index contributed by atoms with van der Waals surface area (Å²) < 4.78 is 37.5. The molecular formula is C18H23ClN5O4S-. The number of rotatable bonds is 6. The Labute approximate surface area is 175 Å². The van der Waals surface area contributed by atoms with Crippen molar-refractivity contribution >= 4 is 39.2 Å². The third-order valence-corrected chi connectivity index (χ3v) is 6.15. The van der Waals surface area contributed by atoms with E-state index < -0.39 is 16.2 Å². The molecule has 0 aliphatic carbocycles. The van der Waals surface area contributed by atoms with Gasteiger partial charge in [-0.2, -0.15) is 13.5 Å². The number of ether oxygens (including phenoxy) is 1. The molecule has 11 heteroatoms. The molecule has 1 fully saturated rings. The summed E-state index contributed by atoms with van der Waals surface area (Å²) in [6, 6.07) is 3.68. The van der Waals surface area contributed by atoms with Crippen LogP contribution >= 0.6 is 11.6 Å². The second-order valence-corrected chi connectivity index (χ2v) is 8.62. The monoisotopic (exact) mass is 440 g/mol. The van der Waals surface area contributed by atoms with Crippen LogP contribution in [-0.2, 0) is 28.4 Å². The van der Waals surface area contributed by atoms with Gasteiger partial charge in [-0.3, -0.25) is 4.68 Å². The van der Waals surface area contributed by atoms with Gasteiger partial charge in [-0.1, -0.05) is 18.5 Å². The number of benzene rings is 1. The van der Waals surface area contributed by atoms with Crippen molar-refractivity contribution in [2.75, 3.05) is 22.8 Å². The zero-order chi connectivity index (χ0) is 21.0. The molecule has 0 amide bonds. The van der Waals surface area contributed by atoms with Gasteiger partial charge in [0.05, 0.1) is 23.9 Å². The fraction of sp³-hybridized carbons (Fsp3) is 0.444. The van der Waals surface area contributed by atoms with Crippen molar-refractivity contribution in [2.45, 2.75) is 32.2 Å². The fourth-order valence-corrected chi connectivity index (χ4v) is 4.75. The summed E-state index contributed by atoms with van der Waals surface area (Å²) in [5.74, 6) is 0. The first kappa shape index (κ1) is 21.4. The van der Waals surface area contributed by atoms with Gasteiger partial charge in [0.25, 0.3) is 0 Å². The molecule has 29 heavy (non-hydrogen) atoms. The van der Waals surface area contributed by atoms with E-state index in [0.717, 1.165) is 16.3 Å². The number of halogens is 1. The molecule has 2 heterocycles. The number of aromatic nitrogens is 2. The Morgan fingerprint density at radius 1 is 1.41 bits per heavy atom. The van der Waals surface area contributed by atoms with Crippen molar-refractivity contribution in [1.29, 1.82) is 0 Å². The van der Waals surface area contributed by atoms with E-state index in [9.17, 15) is 13.5 Å². The van der Waals surface area contributed by atoms with Gasteiger partial charge in [0.15, 0.2) is 0 Å². The summed E-state index contributed by atoms with van der Waals surface area (Å²) in [6.07, 6.45) is 4.73. The minimum absolute atomic E-state index is 0.354. The predicted octanol–water partition coefficient (Wildman–Crippen LogP) is 1.69. The normalized spacial score (nSPS) is 16.0. The quantitative estimate of drug-likeness (QED) is 0.540. The molecule has 0 saturated carbocycles. The first-order chi connectivity index (χ1) is 13.8. The maximum absolute atomic E-state index is 13.0. The van der Waals surface area contributed by atoms with Gasteiger partial charge < -0.3 is 15.2 Å². The minimum atomic E-state index is -4.30. The Morgan fingerprint density at radius 3 is 2.76 bits per heavy atom. The van der Waals surface area contributed by atoms with E-state index in [-0.39, 0.29) is 6.04 Å². The molecule has 1 aliphatic rings. The molecule has 0 bridgehead atoms. The molecule has 0 spiro atoms. The molecule has 9 nitrogen and oxygen atoms in total. The summed E-state index contributed by atoms with van der Waals surface area (Å²) in [7, 11) is -2.62. The van der Waals surface area contributed by atoms with Gasteiger partial charge in [-0.25, -0.2) is 4.31 Å². The molecule has 158 valence electrons. The highest BCUT2D eigenvalue weighted by Gasteiger charge is 2.32. The van der Waals surface area contributed by atoms with E-state index in [2.05, 4.69) is 14.8 Å². The molecule has 1 saturated heterocycles. The minimum Gasteiger partial charge on any atom is -0.845 e. The van der Waals surface area contributed by atoms with E-state index in [0.29, 0.717) is 42.5 Å². The van der Waals surface area contributed by atoms with Crippen molar-refractivity contribution in [1.82, 2.24) is 9.78 Å². The second-order valence-electron chi connectivity index (χ2n) is 6.71. The van der Waals surface area contributed by atoms with Crippen molar-refractivity contribution < 1.29 is 18.3 Å². The van der Waals surface area contributed by atoms with Crippen LogP contribution in [0.5, 0.6) is 0 Å². The maximum atomic E-state index is 13.0. The molecule has 0 radical (unpaired) electrons. The van der Waals surface area contributed by atoms with Crippen LogP contribution in [0.25, 0.3) is 0 Å². The predicted molar refractivity (Wildman–Crippen MR) is 110 cm³/mol. The molecule has 0 unspecified atom stereocenters. The summed E-state index contributed by atoms with van der Waals surface area (Å²) in [4.78, 5) is 0. The maximum Gasteiger partial charge on any atom is 0.345 e. The Bertz CT molecular complexity index is 986. The SMILES string of the molecule is CCc1cc(Cl)cc(N/C([O-])=N/S(=O)(=O)N(c2cnn(C)c2)C2CCOCC2)c1. The van der Waals surface area contributed by atoms with E-state index in [1.165, 1.54) is 16.9 Å². The Hall–Kier alpha value is -2.30. The lowest BCUT2D eigenvalue weighted by Gasteiger charge is -2.32. The number of hydrogen-bond donors (Lipinski definition) is 1. The lowest BCUT2D eigenvalue weighted by molar-refractivity contribution is -0.213. The number of amidine groups is 1. The molecule has 1 N–H and O–H groups in total. The third-order valence-electron chi connectivity index (χ3n) is 4.53. The second kappa shape index (κ2) is 9.02. The largest absolute Gasteiger partial charge is 0.845 e. The number of aryl methyl sites for hydroxylation is 2. The van der Waals surface area contributed by atoms with Gasteiger partial charge in [0, 0.05) is 37.2 Å². The van der Waals surface area contributed by atoms with Crippen LogP contribution in [0.15, 0.2) is 35.0 Å². The van der Waals surface area contributed by atoms with Crippen molar-refractivity contribution in [3.63, 3.8) is 0 Å². The highest BCUT2D eigenvalue weighted by molar-refractivity contribution is 7.91. The number of anilines is 2. The van der Waals surface area contributed by atoms with Crippen LogP contribution in [0.1, 0.15) is 25.3 Å². The molecule has 2 aromatic rings. The number of hydrogen-bond acceptors (Lipinski definition) is 5. The van der Waals surface area contributed by atoms with E-state index in [1.807, 2.05) is 6.92 Å². The Kier molecular flexibility index (Phi) is 6.66. The molecule has 1 aromatic carbocycles. The van der Waals surface area contributed by atoms with Gasteiger partial charge in [0.2, 0.25) is 0 Å². The first-order valence-corrected chi connectivity index (χ1v) is 11.0. The first-order valence-electron chi connectivity index (χ1n) is 9.22. The van der Waals surface area contributed by atoms with Gasteiger partial charge in [-0.05, 0) is 43.0 Å². The highest BCUT2D eigenvalue weighted by atomic mass is 35.5.